The zero-order valence-electron chi connectivity index (χ0n) is 8.08. The van der Waals surface area contributed by atoms with Gasteiger partial charge in [0.25, 0.3) is 0 Å². The molecule has 0 amide bonds. The van der Waals surface area contributed by atoms with E-state index >= 15 is 0 Å². The fourth-order valence-corrected chi connectivity index (χ4v) is 1.53. The number of hydrogen-bond donors (Lipinski definition) is 1. The van der Waals surface area contributed by atoms with E-state index in [1.54, 1.807) is 13.8 Å². The van der Waals surface area contributed by atoms with Crippen LogP contribution in [0.5, 0.6) is 0 Å². The Labute approximate surface area is 82.9 Å². The Morgan fingerprint density at radius 1 is 1.38 bits per heavy atom. The number of aliphatic carboxylic acids is 1. The number of carboxylic acids is 1. The molecule has 0 aromatic carbocycles. The fourth-order valence-electron chi connectivity index (χ4n) is 0.892. The zero-order chi connectivity index (χ0) is 10.3. The first-order valence-corrected chi connectivity index (χ1v) is 5.38. The van der Waals surface area contributed by atoms with Crippen molar-refractivity contribution in [2.45, 2.75) is 33.1 Å². The molecule has 0 unspecified atom stereocenters. The molecule has 4 heteroatoms. The lowest BCUT2D eigenvalue weighted by Crippen LogP contribution is -2.08. The van der Waals surface area contributed by atoms with E-state index in [4.69, 9.17) is 5.11 Å². The Morgan fingerprint density at radius 3 is 2.46 bits per heavy atom. The van der Waals surface area contributed by atoms with Gasteiger partial charge in [0.2, 0.25) is 0 Å². The molecule has 0 aromatic rings. The van der Waals surface area contributed by atoms with Crippen molar-refractivity contribution in [3.05, 3.63) is 0 Å². The number of carbonyl (C=O) groups excluding carboxylic acids is 1. The maximum Gasteiger partial charge on any atom is 0.306 e. The van der Waals surface area contributed by atoms with Crippen LogP contribution in [0, 0.1) is 5.92 Å². The molecule has 0 radical (unpaired) electrons. The predicted octanol–water partition coefficient (Wildman–Crippen LogP) is 2.16. The summed E-state index contributed by atoms with van der Waals surface area (Å²) in [4.78, 5) is 20.9. The summed E-state index contributed by atoms with van der Waals surface area (Å²) in [5.41, 5.74) is 0. The number of unbranched alkanes of at least 4 members (excludes halogenated alkanes) is 1. The minimum atomic E-state index is -0.737. The van der Waals surface area contributed by atoms with Crippen LogP contribution in [0.15, 0.2) is 0 Å². The minimum absolute atomic E-state index is 0.131. The van der Waals surface area contributed by atoms with Crippen LogP contribution in [-0.4, -0.2) is 21.9 Å². The highest BCUT2D eigenvalue weighted by molar-refractivity contribution is 8.13. The Balaban J connectivity index is 3.26. The lowest BCUT2D eigenvalue weighted by molar-refractivity contribution is -0.141. The Kier molecular flexibility index (Phi) is 6.68. The van der Waals surface area contributed by atoms with E-state index in [1.807, 2.05) is 0 Å². The van der Waals surface area contributed by atoms with Crippen LogP contribution in [0.1, 0.15) is 33.1 Å². The van der Waals surface area contributed by atoms with Gasteiger partial charge in [-0.05, 0) is 12.8 Å². The summed E-state index contributed by atoms with van der Waals surface area (Å²) >= 11 is 1.30. The molecule has 0 fully saturated rings. The van der Waals surface area contributed by atoms with Gasteiger partial charge in [-0.25, -0.2) is 0 Å². The second kappa shape index (κ2) is 6.95. The Hall–Kier alpha value is -0.510. The molecule has 0 heterocycles. The first kappa shape index (κ1) is 12.5. The van der Waals surface area contributed by atoms with Crippen LogP contribution >= 0.6 is 11.8 Å². The van der Waals surface area contributed by atoms with Gasteiger partial charge >= 0.3 is 5.97 Å². The van der Waals surface area contributed by atoms with Crippen molar-refractivity contribution in [2.24, 2.45) is 5.92 Å². The molecule has 0 rings (SSSR count). The summed E-state index contributed by atoms with van der Waals surface area (Å²) in [5.74, 6) is -0.191. The molecule has 3 nitrogen and oxygen atoms in total. The van der Waals surface area contributed by atoms with Crippen molar-refractivity contribution in [1.29, 1.82) is 0 Å². The average Bonchev–Trinajstić information content (AvgIpc) is 2.02. The van der Waals surface area contributed by atoms with Crippen LogP contribution in [0.4, 0.5) is 0 Å². The van der Waals surface area contributed by atoms with Gasteiger partial charge in [0.05, 0.1) is 5.92 Å². The van der Waals surface area contributed by atoms with Crippen molar-refractivity contribution in [3.8, 4) is 0 Å². The molecule has 0 aromatic heterocycles. The highest BCUT2D eigenvalue weighted by Gasteiger charge is 2.09. The average molecular weight is 204 g/mol. The van der Waals surface area contributed by atoms with Crippen LogP contribution in [0.3, 0.4) is 0 Å². The maximum atomic E-state index is 10.5. The first-order valence-electron chi connectivity index (χ1n) is 4.40. The molecule has 0 bridgehead atoms. The second-order valence-corrected chi connectivity index (χ2v) is 4.35. The van der Waals surface area contributed by atoms with Crippen LogP contribution in [0.2, 0.25) is 0 Å². The summed E-state index contributed by atoms with van der Waals surface area (Å²) < 4.78 is 0. The van der Waals surface area contributed by atoms with E-state index in [-0.39, 0.29) is 11.0 Å². The van der Waals surface area contributed by atoms with Crippen LogP contribution in [0.25, 0.3) is 0 Å². The van der Waals surface area contributed by atoms with Gasteiger partial charge in [-0.1, -0.05) is 25.1 Å². The van der Waals surface area contributed by atoms with Crippen LogP contribution < -0.4 is 0 Å². The first-order chi connectivity index (χ1) is 6.04. The molecule has 0 aliphatic rings. The number of carboxylic acid groups (broad SMARTS) is 1. The number of rotatable bonds is 6. The van der Waals surface area contributed by atoms with E-state index in [0.717, 1.165) is 18.6 Å². The maximum absolute atomic E-state index is 10.5. The van der Waals surface area contributed by atoms with Crippen molar-refractivity contribution in [3.63, 3.8) is 0 Å². The molecule has 76 valence electrons. The SMILES string of the molecule is CC(=O)SCCCC[C@H](C)C(=O)O. The molecule has 13 heavy (non-hydrogen) atoms. The van der Waals surface area contributed by atoms with Gasteiger partial charge in [-0.2, -0.15) is 0 Å². The molecule has 1 N–H and O–H groups in total. The Morgan fingerprint density at radius 2 is 2.00 bits per heavy atom. The second-order valence-electron chi connectivity index (χ2n) is 3.08. The fraction of sp³-hybridized carbons (Fsp3) is 0.778. The van der Waals surface area contributed by atoms with Crippen molar-refractivity contribution in [1.82, 2.24) is 0 Å². The summed E-state index contributed by atoms with van der Waals surface area (Å²) in [5, 5.41) is 8.70. The van der Waals surface area contributed by atoms with Crippen LogP contribution in [-0.2, 0) is 9.59 Å². The minimum Gasteiger partial charge on any atom is -0.481 e. The van der Waals surface area contributed by atoms with E-state index in [2.05, 4.69) is 0 Å². The monoisotopic (exact) mass is 204 g/mol. The van der Waals surface area contributed by atoms with Gasteiger partial charge in [0, 0.05) is 12.7 Å². The molecule has 1 atom stereocenters. The molecular formula is C9H16O3S. The third-order valence-corrected chi connectivity index (χ3v) is 2.66. The van der Waals surface area contributed by atoms with Gasteiger partial charge < -0.3 is 5.11 Å². The van der Waals surface area contributed by atoms with E-state index in [9.17, 15) is 9.59 Å². The van der Waals surface area contributed by atoms with Gasteiger partial charge in [0.1, 0.15) is 0 Å². The van der Waals surface area contributed by atoms with E-state index in [1.165, 1.54) is 11.8 Å². The molecule has 0 aliphatic carbocycles. The Bertz CT molecular complexity index is 180. The summed E-state index contributed by atoms with van der Waals surface area (Å²) in [6.07, 6.45) is 2.50. The summed E-state index contributed by atoms with van der Waals surface area (Å²) in [6, 6.07) is 0. The standard InChI is InChI=1S/C9H16O3S/c1-7(9(11)12)5-3-4-6-13-8(2)10/h7H,3-6H2,1-2H3,(H,11,12)/t7-/m0/s1. The number of thioether (sulfide) groups is 1. The van der Waals surface area contributed by atoms with E-state index < -0.39 is 5.97 Å². The zero-order valence-corrected chi connectivity index (χ0v) is 8.89. The van der Waals surface area contributed by atoms with Gasteiger partial charge in [-0.3, -0.25) is 9.59 Å². The highest BCUT2D eigenvalue weighted by atomic mass is 32.2. The predicted molar refractivity (Wildman–Crippen MR) is 53.8 cm³/mol. The highest BCUT2D eigenvalue weighted by Crippen LogP contribution is 2.11. The largest absolute Gasteiger partial charge is 0.481 e. The van der Waals surface area contributed by atoms with Crippen molar-refractivity contribution < 1.29 is 14.7 Å². The number of hydrogen-bond acceptors (Lipinski definition) is 3. The summed E-state index contributed by atoms with van der Waals surface area (Å²) in [6.45, 7) is 3.25. The third-order valence-electron chi connectivity index (χ3n) is 1.76. The normalized spacial score (nSPS) is 12.5. The van der Waals surface area contributed by atoms with E-state index in [0.29, 0.717) is 6.42 Å². The van der Waals surface area contributed by atoms with Gasteiger partial charge in [-0.15, -0.1) is 0 Å². The van der Waals surface area contributed by atoms with Crippen molar-refractivity contribution >= 4 is 22.8 Å². The van der Waals surface area contributed by atoms with Crippen molar-refractivity contribution in [2.75, 3.05) is 5.75 Å². The summed E-state index contributed by atoms with van der Waals surface area (Å²) in [7, 11) is 0. The van der Waals surface area contributed by atoms with Gasteiger partial charge in [0.15, 0.2) is 5.12 Å². The third kappa shape index (κ3) is 7.84. The molecule has 0 spiro atoms. The lowest BCUT2D eigenvalue weighted by atomic mass is 10.1. The quantitative estimate of drug-likeness (QED) is 0.674. The molecule has 0 saturated carbocycles. The molecule has 0 saturated heterocycles. The lowest BCUT2D eigenvalue weighted by Gasteiger charge is -2.04. The smallest absolute Gasteiger partial charge is 0.306 e. The number of carbonyl (C=O) groups is 2. The molecular weight excluding hydrogens is 188 g/mol. The molecule has 0 aliphatic heterocycles. The topological polar surface area (TPSA) is 54.4 Å².